The van der Waals surface area contributed by atoms with Gasteiger partial charge in [-0.05, 0) is 51.9 Å². The first kappa shape index (κ1) is 11.4. The van der Waals surface area contributed by atoms with Gasteiger partial charge in [0, 0.05) is 24.5 Å². The van der Waals surface area contributed by atoms with Crippen LogP contribution in [-0.4, -0.2) is 39.3 Å². The maximum absolute atomic E-state index is 5.40. The molecule has 2 heterocycles. The number of aromatic nitrogens is 3. The summed E-state index contributed by atoms with van der Waals surface area (Å²) in [5, 5.41) is 7.41. The summed E-state index contributed by atoms with van der Waals surface area (Å²) in [5.41, 5.74) is 0. The Morgan fingerprint density at radius 1 is 1.35 bits per heavy atom. The lowest BCUT2D eigenvalue weighted by Gasteiger charge is -2.35. The predicted octanol–water partition coefficient (Wildman–Crippen LogP) is 2.47. The minimum absolute atomic E-state index is 0.544. The quantitative estimate of drug-likeness (QED) is 0.822. The van der Waals surface area contributed by atoms with E-state index in [4.69, 9.17) is 12.2 Å². The number of nitrogens with zero attached hydrogens (tertiary/aromatic N) is 3. The molecule has 17 heavy (non-hydrogen) atoms. The summed E-state index contributed by atoms with van der Waals surface area (Å²) in [5.74, 6) is 1.87. The summed E-state index contributed by atoms with van der Waals surface area (Å²) in [4.78, 5) is 2.43. The molecule has 0 spiro atoms. The zero-order chi connectivity index (χ0) is 12.0. The van der Waals surface area contributed by atoms with Crippen LogP contribution >= 0.6 is 12.2 Å². The maximum Gasteiger partial charge on any atom is 0.195 e. The molecule has 0 aromatic carbocycles. The molecule has 2 aliphatic rings. The molecule has 1 saturated heterocycles. The third kappa shape index (κ3) is 2.06. The zero-order valence-corrected chi connectivity index (χ0v) is 11.3. The number of rotatable bonds is 2. The van der Waals surface area contributed by atoms with Gasteiger partial charge in [-0.1, -0.05) is 0 Å². The van der Waals surface area contributed by atoms with Gasteiger partial charge in [-0.3, -0.25) is 5.10 Å². The van der Waals surface area contributed by atoms with Crippen molar-refractivity contribution < 1.29 is 0 Å². The molecule has 2 unspecified atom stereocenters. The Kier molecular flexibility index (Phi) is 2.83. The van der Waals surface area contributed by atoms with E-state index in [9.17, 15) is 0 Å². The largest absolute Gasteiger partial charge is 0.304 e. The van der Waals surface area contributed by atoms with E-state index in [0.717, 1.165) is 11.3 Å². The third-order valence-corrected chi connectivity index (χ3v) is 4.51. The number of piperidine rings is 1. The topological polar surface area (TPSA) is 36.9 Å². The fraction of sp³-hybridized carbons (Fsp3) is 0.833. The molecule has 0 radical (unpaired) electrons. The zero-order valence-electron chi connectivity index (χ0n) is 10.5. The second kappa shape index (κ2) is 4.21. The van der Waals surface area contributed by atoms with E-state index < -0.39 is 0 Å². The van der Waals surface area contributed by atoms with E-state index in [2.05, 4.69) is 33.6 Å². The molecule has 2 atom stereocenters. The fourth-order valence-corrected chi connectivity index (χ4v) is 3.09. The molecule has 5 heteroatoms. The molecule has 0 amide bonds. The van der Waals surface area contributed by atoms with E-state index >= 15 is 0 Å². The predicted molar refractivity (Wildman–Crippen MR) is 69.7 cm³/mol. The lowest BCUT2D eigenvalue weighted by molar-refractivity contribution is 0.154. The van der Waals surface area contributed by atoms with Gasteiger partial charge in [-0.2, -0.15) is 5.10 Å². The van der Waals surface area contributed by atoms with Crippen molar-refractivity contribution in [2.75, 3.05) is 13.6 Å². The number of hydrogen-bond acceptors (Lipinski definition) is 3. The second-order valence-electron chi connectivity index (χ2n) is 5.54. The first-order valence-electron chi connectivity index (χ1n) is 6.54. The van der Waals surface area contributed by atoms with E-state index in [1.54, 1.807) is 0 Å². The number of hydrogen-bond donors (Lipinski definition) is 1. The number of likely N-dealkylation sites (tertiary alicyclic amines) is 1. The van der Waals surface area contributed by atoms with Crippen LogP contribution in [0.2, 0.25) is 0 Å². The summed E-state index contributed by atoms with van der Waals surface area (Å²) in [7, 11) is 2.21. The molecule has 1 aliphatic carbocycles. The van der Waals surface area contributed by atoms with E-state index in [1.165, 1.54) is 31.5 Å². The SMILES string of the molecule is CC1CC(n2c(C3CC3)n[nH]c2=S)CCN1C. The van der Waals surface area contributed by atoms with Gasteiger partial charge in [-0.15, -0.1) is 0 Å². The molecular weight excluding hydrogens is 232 g/mol. The van der Waals surface area contributed by atoms with E-state index in [0.29, 0.717) is 18.0 Å². The van der Waals surface area contributed by atoms with Crippen molar-refractivity contribution >= 4 is 12.2 Å². The maximum atomic E-state index is 5.40. The minimum Gasteiger partial charge on any atom is -0.304 e. The lowest BCUT2D eigenvalue weighted by Crippen LogP contribution is -2.38. The Bertz CT molecular complexity index is 459. The molecular formula is C12H20N4S. The lowest BCUT2D eigenvalue weighted by atomic mass is 9.98. The molecule has 1 aromatic heterocycles. The summed E-state index contributed by atoms with van der Waals surface area (Å²) < 4.78 is 3.12. The van der Waals surface area contributed by atoms with Crippen molar-refractivity contribution in [2.24, 2.45) is 0 Å². The van der Waals surface area contributed by atoms with Crippen LogP contribution in [-0.2, 0) is 0 Å². The highest BCUT2D eigenvalue weighted by atomic mass is 32.1. The van der Waals surface area contributed by atoms with Crippen LogP contribution < -0.4 is 0 Å². The van der Waals surface area contributed by atoms with E-state index in [1.807, 2.05) is 0 Å². The fourth-order valence-electron chi connectivity index (χ4n) is 2.80. The number of nitrogens with one attached hydrogen (secondary N) is 1. The number of aromatic amines is 1. The average Bonchev–Trinajstić information content (AvgIpc) is 3.07. The van der Waals surface area contributed by atoms with Crippen LogP contribution in [0.1, 0.15) is 50.4 Å². The van der Waals surface area contributed by atoms with Crippen molar-refractivity contribution in [3.05, 3.63) is 10.6 Å². The highest BCUT2D eigenvalue weighted by molar-refractivity contribution is 7.71. The third-order valence-electron chi connectivity index (χ3n) is 4.22. The molecule has 3 rings (SSSR count). The van der Waals surface area contributed by atoms with Crippen molar-refractivity contribution in [3.8, 4) is 0 Å². The highest BCUT2D eigenvalue weighted by Crippen LogP contribution is 2.41. The van der Waals surface area contributed by atoms with Gasteiger partial charge >= 0.3 is 0 Å². The summed E-state index contributed by atoms with van der Waals surface area (Å²) >= 11 is 5.40. The molecule has 94 valence electrons. The molecule has 4 nitrogen and oxygen atoms in total. The number of H-pyrrole nitrogens is 1. The van der Waals surface area contributed by atoms with Gasteiger partial charge in [-0.25, -0.2) is 0 Å². The van der Waals surface area contributed by atoms with Crippen molar-refractivity contribution in [1.29, 1.82) is 0 Å². The monoisotopic (exact) mass is 252 g/mol. The van der Waals surface area contributed by atoms with Crippen LogP contribution in [0, 0.1) is 4.77 Å². The van der Waals surface area contributed by atoms with E-state index in [-0.39, 0.29) is 0 Å². The average molecular weight is 252 g/mol. The van der Waals surface area contributed by atoms with Crippen LogP contribution in [0.15, 0.2) is 0 Å². The molecule has 1 saturated carbocycles. The summed E-state index contributed by atoms with van der Waals surface area (Å²) in [6.07, 6.45) is 4.93. The Morgan fingerprint density at radius 2 is 2.12 bits per heavy atom. The van der Waals surface area contributed by atoms with Gasteiger partial charge in [0.1, 0.15) is 5.82 Å². The molecule has 2 fully saturated rings. The smallest absolute Gasteiger partial charge is 0.195 e. The van der Waals surface area contributed by atoms with Gasteiger partial charge in [0.2, 0.25) is 0 Å². The van der Waals surface area contributed by atoms with Gasteiger partial charge < -0.3 is 9.47 Å². The first-order chi connectivity index (χ1) is 8.16. The molecule has 1 aromatic rings. The van der Waals surface area contributed by atoms with Crippen LogP contribution in [0.5, 0.6) is 0 Å². The normalized spacial score (nSPS) is 30.7. The standard InChI is InChI=1S/C12H20N4S/c1-8-7-10(5-6-15(8)2)16-11(9-3-4-9)13-14-12(16)17/h8-10H,3-7H2,1-2H3,(H,14,17). The summed E-state index contributed by atoms with van der Waals surface area (Å²) in [6, 6.07) is 1.18. The first-order valence-corrected chi connectivity index (χ1v) is 6.94. The van der Waals surface area contributed by atoms with Gasteiger partial charge in [0.25, 0.3) is 0 Å². The van der Waals surface area contributed by atoms with Crippen LogP contribution in [0.25, 0.3) is 0 Å². The second-order valence-corrected chi connectivity index (χ2v) is 5.93. The Hall–Kier alpha value is -0.680. The Morgan fingerprint density at radius 3 is 2.76 bits per heavy atom. The van der Waals surface area contributed by atoms with Crippen molar-refractivity contribution in [1.82, 2.24) is 19.7 Å². The Balaban J connectivity index is 1.88. The Labute approximate surface area is 107 Å². The van der Waals surface area contributed by atoms with Crippen LogP contribution in [0.3, 0.4) is 0 Å². The minimum atomic E-state index is 0.544. The molecule has 1 N–H and O–H groups in total. The molecule has 1 aliphatic heterocycles. The molecule has 0 bridgehead atoms. The van der Waals surface area contributed by atoms with Gasteiger partial charge in [0.05, 0.1) is 0 Å². The van der Waals surface area contributed by atoms with Crippen molar-refractivity contribution in [2.45, 2.75) is 50.6 Å². The van der Waals surface area contributed by atoms with Crippen LogP contribution in [0.4, 0.5) is 0 Å². The summed E-state index contributed by atoms with van der Waals surface area (Å²) in [6.45, 7) is 3.45. The van der Waals surface area contributed by atoms with Crippen molar-refractivity contribution in [3.63, 3.8) is 0 Å². The van der Waals surface area contributed by atoms with Gasteiger partial charge in [0.15, 0.2) is 4.77 Å². The highest BCUT2D eigenvalue weighted by Gasteiger charge is 2.33.